The smallest absolute Gasteiger partial charge is 0.408 e. The highest BCUT2D eigenvalue weighted by Gasteiger charge is 2.26. The molecule has 0 aliphatic carbocycles. The lowest BCUT2D eigenvalue weighted by Gasteiger charge is -2.23. The second kappa shape index (κ2) is 9.82. The molecule has 0 saturated heterocycles. The van der Waals surface area contributed by atoms with Gasteiger partial charge in [-0.15, -0.1) is 0 Å². The molecule has 0 bridgehead atoms. The van der Waals surface area contributed by atoms with E-state index >= 15 is 0 Å². The first-order valence-corrected chi connectivity index (χ1v) is 9.23. The molecule has 0 aliphatic heterocycles. The van der Waals surface area contributed by atoms with Gasteiger partial charge >= 0.3 is 12.1 Å². The number of phenols is 1. The van der Waals surface area contributed by atoms with Gasteiger partial charge in [0, 0.05) is 6.42 Å². The minimum absolute atomic E-state index is 0.0604. The number of esters is 1. The predicted molar refractivity (Wildman–Crippen MR) is 108 cm³/mol. The summed E-state index contributed by atoms with van der Waals surface area (Å²) >= 11 is 0. The van der Waals surface area contributed by atoms with Crippen LogP contribution in [0.15, 0.2) is 48.5 Å². The van der Waals surface area contributed by atoms with Gasteiger partial charge in [0.2, 0.25) is 0 Å². The molecule has 7 nitrogen and oxygen atoms in total. The van der Waals surface area contributed by atoms with Gasteiger partial charge in [0.25, 0.3) is 0 Å². The van der Waals surface area contributed by atoms with Crippen LogP contribution in [0.3, 0.4) is 0 Å². The van der Waals surface area contributed by atoms with Gasteiger partial charge in [-0.3, -0.25) is 0 Å². The fourth-order valence-electron chi connectivity index (χ4n) is 2.49. The summed E-state index contributed by atoms with van der Waals surface area (Å²) in [6.07, 6.45) is -0.510. The van der Waals surface area contributed by atoms with Crippen LogP contribution in [0.2, 0.25) is 0 Å². The van der Waals surface area contributed by atoms with Gasteiger partial charge in [0.05, 0.1) is 7.11 Å². The number of benzene rings is 2. The summed E-state index contributed by atoms with van der Waals surface area (Å²) in [4.78, 5) is 24.8. The minimum atomic E-state index is -0.937. The number of hydrogen-bond donors (Lipinski definition) is 2. The van der Waals surface area contributed by atoms with E-state index in [9.17, 15) is 14.7 Å². The number of amides is 1. The molecular formula is C22H27NO6. The summed E-state index contributed by atoms with van der Waals surface area (Å²) in [6.45, 7) is 5.28. The first-order valence-electron chi connectivity index (χ1n) is 9.23. The van der Waals surface area contributed by atoms with Gasteiger partial charge in [-0.25, -0.2) is 9.59 Å². The third kappa shape index (κ3) is 7.73. The van der Waals surface area contributed by atoms with Crippen molar-refractivity contribution in [1.82, 2.24) is 5.32 Å². The fourth-order valence-corrected chi connectivity index (χ4v) is 2.49. The number of carbonyl (C=O) groups is 2. The lowest BCUT2D eigenvalue weighted by molar-refractivity contribution is -0.147. The highest BCUT2D eigenvalue weighted by molar-refractivity contribution is 5.81. The van der Waals surface area contributed by atoms with E-state index in [-0.39, 0.29) is 18.8 Å². The second-order valence-corrected chi connectivity index (χ2v) is 7.53. The zero-order chi connectivity index (χ0) is 21.4. The van der Waals surface area contributed by atoms with Crippen LogP contribution in [0.1, 0.15) is 31.9 Å². The minimum Gasteiger partial charge on any atom is -0.508 e. The van der Waals surface area contributed by atoms with Crippen molar-refractivity contribution in [2.45, 2.75) is 45.4 Å². The molecule has 2 N–H and O–H groups in total. The second-order valence-electron chi connectivity index (χ2n) is 7.53. The fraction of sp³-hybridized carbons (Fsp3) is 0.364. The molecule has 0 radical (unpaired) electrons. The third-order valence-corrected chi connectivity index (χ3v) is 3.89. The van der Waals surface area contributed by atoms with Gasteiger partial charge in [-0.1, -0.05) is 24.3 Å². The van der Waals surface area contributed by atoms with Crippen molar-refractivity contribution in [3.8, 4) is 11.5 Å². The number of carbonyl (C=O) groups excluding carboxylic acids is 2. The maximum Gasteiger partial charge on any atom is 0.408 e. The highest BCUT2D eigenvalue weighted by atomic mass is 16.6. The summed E-state index contributed by atoms with van der Waals surface area (Å²) in [5.41, 5.74) is 0.852. The number of phenolic OH excluding ortho intramolecular Hbond substituents is 1. The highest BCUT2D eigenvalue weighted by Crippen LogP contribution is 2.15. The molecule has 29 heavy (non-hydrogen) atoms. The molecule has 0 aliphatic rings. The molecule has 2 aromatic carbocycles. The van der Waals surface area contributed by atoms with E-state index in [0.717, 1.165) is 11.1 Å². The van der Waals surface area contributed by atoms with E-state index in [1.165, 1.54) is 12.1 Å². The average Bonchev–Trinajstić information content (AvgIpc) is 2.66. The molecule has 0 aromatic heterocycles. The monoisotopic (exact) mass is 401 g/mol. The molecule has 1 atom stereocenters. The van der Waals surface area contributed by atoms with Gasteiger partial charge in [0.15, 0.2) is 0 Å². The van der Waals surface area contributed by atoms with Crippen LogP contribution in [0, 0.1) is 0 Å². The van der Waals surface area contributed by atoms with Crippen LogP contribution in [0.5, 0.6) is 11.5 Å². The van der Waals surface area contributed by atoms with E-state index in [2.05, 4.69) is 5.32 Å². The van der Waals surface area contributed by atoms with Crippen LogP contribution in [0.25, 0.3) is 0 Å². The van der Waals surface area contributed by atoms with Gasteiger partial charge < -0.3 is 24.6 Å². The Bertz CT molecular complexity index is 809. The van der Waals surface area contributed by atoms with E-state index in [0.29, 0.717) is 5.75 Å². The molecule has 2 aromatic rings. The standard InChI is InChI=1S/C22H27NO6/c1-22(2,3)29-21(26)23-19(13-15-5-9-17(24)10-6-15)20(25)28-14-16-7-11-18(27-4)12-8-16/h5-12,19,24H,13-14H2,1-4H3,(H,23,26)/t19-/m0/s1. The van der Waals surface area contributed by atoms with Crippen molar-refractivity contribution < 1.29 is 28.9 Å². The molecule has 156 valence electrons. The Morgan fingerprint density at radius 1 is 1.00 bits per heavy atom. The lowest BCUT2D eigenvalue weighted by atomic mass is 10.1. The number of nitrogens with one attached hydrogen (secondary N) is 1. The Hall–Kier alpha value is -3.22. The van der Waals surface area contributed by atoms with Crippen LogP contribution >= 0.6 is 0 Å². The van der Waals surface area contributed by atoms with Crippen LogP contribution in [-0.4, -0.2) is 35.9 Å². The van der Waals surface area contributed by atoms with Crippen LogP contribution in [0.4, 0.5) is 4.79 Å². The zero-order valence-electron chi connectivity index (χ0n) is 17.1. The molecule has 0 spiro atoms. The van der Waals surface area contributed by atoms with E-state index in [1.807, 2.05) is 0 Å². The van der Waals surface area contributed by atoms with Crippen molar-refractivity contribution in [3.63, 3.8) is 0 Å². The number of methoxy groups -OCH3 is 1. The number of alkyl carbamates (subject to hydrolysis) is 1. The number of ether oxygens (including phenoxy) is 3. The summed E-state index contributed by atoms with van der Waals surface area (Å²) in [6, 6.07) is 12.6. The number of rotatable bonds is 7. The van der Waals surface area contributed by atoms with Gasteiger partial charge in [-0.2, -0.15) is 0 Å². The molecule has 0 fully saturated rings. The molecule has 0 saturated carbocycles. The Labute approximate surface area is 170 Å². The number of aromatic hydroxyl groups is 1. The zero-order valence-corrected chi connectivity index (χ0v) is 17.1. The Morgan fingerprint density at radius 3 is 2.14 bits per heavy atom. The molecule has 0 heterocycles. The normalized spacial score (nSPS) is 12.0. The lowest BCUT2D eigenvalue weighted by Crippen LogP contribution is -2.45. The predicted octanol–water partition coefficient (Wildman–Crippen LogP) is 3.58. The Kier molecular flexibility index (Phi) is 7.47. The van der Waals surface area contributed by atoms with Crippen molar-refractivity contribution in [2.75, 3.05) is 7.11 Å². The topological polar surface area (TPSA) is 94.1 Å². The SMILES string of the molecule is COc1ccc(COC(=O)[C@H](Cc2ccc(O)cc2)NC(=O)OC(C)(C)C)cc1. The maximum atomic E-state index is 12.6. The van der Waals surface area contributed by atoms with Crippen molar-refractivity contribution in [1.29, 1.82) is 0 Å². The molecule has 2 rings (SSSR count). The van der Waals surface area contributed by atoms with Crippen LogP contribution < -0.4 is 10.1 Å². The summed E-state index contributed by atoms with van der Waals surface area (Å²) < 4.78 is 15.7. The summed E-state index contributed by atoms with van der Waals surface area (Å²) in [5, 5.41) is 12.0. The Morgan fingerprint density at radius 2 is 1.59 bits per heavy atom. The molecular weight excluding hydrogens is 374 g/mol. The first kappa shape index (κ1) is 22.1. The van der Waals surface area contributed by atoms with Gasteiger partial charge in [0.1, 0.15) is 29.7 Å². The van der Waals surface area contributed by atoms with Gasteiger partial charge in [-0.05, 0) is 56.2 Å². The van der Waals surface area contributed by atoms with Crippen LogP contribution in [-0.2, 0) is 27.3 Å². The number of hydrogen-bond acceptors (Lipinski definition) is 6. The Balaban J connectivity index is 2.05. The van der Waals surface area contributed by atoms with E-state index < -0.39 is 23.7 Å². The molecule has 1 amide bonds. The summed E-state index contributed by atoms with van der Waals surface area (Å²) in [7, 11) is 1.57. The quantitative estimate of drug-likeness (QED) is 0.689. The molecule has 0 unspecified atom stereocenters. The van der Waals surface area contributed by atoms with Crippen molar-refractivity contribution in [3.05, 3.63) is 59.7 Å². The largest absolute Gasteiger partial charge is 0.508 e. The third-order valence-electron chi connectivity index (χ3n) is 3.89. The maximum absolute atomic E-state index is 12.6. The first-order chi connectivity index (χ1) is 13.7. The van der Waals surface area contributed by atoms with Crippen molar-refractivity contribution >= 4 is 12.1 Å². The van der Waals surface area contributed by atoms with E-state index in [1.54, 1.807) is 64.3 Å². The van der Waals surface area contributed by atoms with E-state index in [4.69, 9.17) is 14.2 Å². The summed E-state index contributed by atoms with van der Waals surface area (Å²) in [5.74, 6) is 0.240. The average molecular weight is 401 g/mol. The van der Waals surface area contributed by atoms with Crippen molar-refractivity contribution in [2.24, 2.45) is 0 Å². The molecule has 7 heteroatoms.